The van der Waals surface area contributed by atoms with Gasteiger partial charge >= 0.3 is 0 Å². The lowest BCUT2D eigenvalue weighted by Crippen LogP contribution is -2.51. The summed E-state index contributed by atoms with van der Waals surface area (Å²) in [6, 6.07) is 5.10. The van der Waals surface area contributed by atoms with E-state index in [0.717, 1.165) is 25.6 Å². The van der Waals surface area contributed by atoms with Gasteiger partial charge in [-0.05, 0) is 50.9 Å². The SMILES string of the molecule is Cc1ccc(C(=O)NC2CCCNC2C)cc1S(C)(=O)=O. The summed E-state index contributed by atoms with van der Waals surface area (Å²) >= 11 is 0. The molecule has 5 nitrogen and oxygen atoms in total. The minimum Gasteiger partial charge on any atom is -0.348 e. The van der Waals surface area contributed by atoms with Crippen LogP contribution >= 0.6 is 0 Å². The maximum absolute atomic E-state index is 12.3. The molecular formula is C15H22N2O3S. The van der Waals surface area contributed by atoms with Crippen LogP contribution in [0.25, 0.3) is 0 Å². The van der Waals surface area contributed by atoms with Crippen molar-refractivity contribution in [1.29, 1.82) is 0 Å². The van der Waals surface area contributed by atoms with Gasteiger partial charge in [0.15, 0.2) is 9.84 Å². The quantitative estimate of drug-likeness (QED) is 0.881. The van der Waals surface area contributed by atoms with Gasteiger partial charge in [0.05, 0.1) is 4.90 Å². The standard InChI is InChI=1S/C15H22N2O3S/c1-10-6-7-12(9-14(10)21(3,19)20)15(18)17-13-5-4-8-16-11(13)2/h6-7,9,11,13,16H,4-5,8H2,1-3H3,(H,17,18). The highest BCUT2D eigenvalue weighted by molar-refractivity contribution is 7.90. The fourth-order valence-corrected chi connectivity index (χ4v) is 3.63. The number of piperidine rings is 1. The van der Waals surface area contributed by atoms with Crippen molar-refractivity contribution in [3.05, 3.63) is 29.3 Å². The molecule has 1 aliphatic rings. The lowest BCUT2D eigenvalue weighted by molar-refractivity contribution is 0.0919. The number of hydrogen-bond donors (Lipinski definition) is 2. The topological polar surface area (TPSA) is 75.3 Å². The smallest absolute Gasteiger partial charge is 0.251 e. The largest absolute Gasteiger partial charge is 0.348 e. The maximum Gasteiger partial charge on any atom is 0.251 e. The molecule has 6 heteroatoms. The van der Waals surface area contributed by atoms with Crippen LogP contribution in [0.3, 0.4) is 0 Å². The lowest BCUT2D eigenvalue weighted by atomic mass is 9.99. The number of hydrogen-bond acceptors (Lipinski definition) is 4. The first-order valence-corrected chi connectivity index (χ1v) is 9.03. The van der Waals surface area contributed by atoms with Gasteiger partial charge < -0.3 is 10.6 Å². The van der Waals surface area contributed by atoms with Crippen LogP contribution in [0.15, 0.2) is 23.1 Å². The van der Waals surface area contributed by atoms with Crippen LogP contribution in [0.5, 0.6) is 0 Å². The molecule has 1 fully saturated rings. The molecule has 116 valence electrons. The Morgan fingerprint density at radius 3 is 2.71 bits per heavy atom. The summed E-state index contributed by atoms with van der Waals surface area (Å²) in [6.45, 7) is 4.74. The Bertz CT molecular complexity index is 640. The van der Waals surface area contributed by atoms with Crippen molar-refractivity contribution < 1.29 is 13.2 Å². The molecule has 2 rings (SSSR count). The fourth-order valence-electron chi connectivity index (χ4n) is 2.63. The molecule has 0 aromatic heterocycles. The Kier molecular flexibility index (Phi) is 4.68. The molecule has 0 bridgehead atoms. The van der Waals surface area contributed by atoms with Gasteiger partial charge in [-0.1, -0.05) is 6.07 Å². The van der Waals surface area contributed by atoms with Crippen LogP contribution in [0.2, 0.25) is 0 Å². The summed E-state index contributed by atoms with van der Waals surface area (Å²) in [5.74, 6) is -0.222. The lowest BCUT2D eigenvalue weighted by Gasteiger charge is -2.30. The van der Waals surface area contributed by atoms with Gasteiger partial charge in [0.2, 0.25) is 0 Å². The third-order valence-electron chi connectivity index (χ3n) is 3.93. The van der Waals surface area contributed by atoms with Gasteiger partial charge in [-0.15, -0.1) is 0 Å². The van der Waals surface area contributed by atoms with Crippen LogP contribution in [-0.2, 0) is 9.84 Å². The van der Waals surface area contributed by atoms with Crippen LogP contribution in [0.1, 0.15) is 35.7 Å². The second kappa shape index (κ2) is 6.15. The van der Waals surface area contributed by atoms with Gasteiger partial charge in [0.1, 0.15) is 0 Å². The highest BCUT2D eigenvalue weighted by Gasteiger charge is 2.23. The number of carbonyl (C=O) groups is 1. The second-order valence-corrected chi connectivity index (χ2v) is 7.70. The normalized spacial score (nSPS) is 22.8. The third-order valence-corrected chi connectivity index (χ3v) is 5.17. The number of rotatable bonds is 3. The van der Waals surface area contributed by atoms with E-state index in [1.807, 2.05) is 6.92 Å². The van der Waals surface area contributed by atoms with E-state index in [-0.39, 0.29) is 22.9 Å². The van der Waals surface area contributed by atoms with E-state index in [1.165, 1.54) is 6.07 Å². The predicted octanol–water partition coefficient (Wildman–Crippen LogP) is 1.27. The van der Waals surface area contributed by atoms with E-state index in [0.29, 0.717) is 11.1 Å². The Hall–Kier alpha value is -1.40. The van der Waals surface area contributed by atoms with Crippen LogP contribution in [0, 0.1) is 6.92 Å². The van der Waals surface area contributed by atoms with Gasteiger partial charge in [0, 0.05) is 23.9 Å². The Morgan fingerprint density at radius 2 is 2.10 bits per heavy atom. The van der Waals surface area contributed by atoms with Gasteiger partial charge in [-0.3, -0.25) is 4.79 Å². The minimum absolute atomic E-state index is 0.0780. The van der Waals surface area contributed by atoms with E-state index in [1.54, 1.807) is 19.1 Å². The zero-order chi connectivity index (χ0) is 15.6. The molecule has 1 amide bonds. The molecule has 21 heavy (non-hydrogen) atoms. The molecule has 2 N–H and O–H groups in total. The van der Waals surface area contributed by atoms with E-state index >= 15 is 0 Å². The second-order valence-electron chi connectivity index (χ2n) is 5.72. The highest BCUT2D eigenvalue weighted by atomic mass is 32.2. The molecule has 1 saturated heterocycles. The number of aryl methyl sites for hydroxylation is 1. The summed E-state index contributed by atoms with van der Waals surface area (Å²) in [6.07, 6.45) is 3.12. The molecule has 0 spiro atoms. The Balaban J connectivity index is 2.20. The molecule has 2 unspecified atom stereocenters. The summed E-state index contributed by atoms with van der Waals surface area (Å²) in [7, 11) is -3.33. The summed E-state index contributed by atoms with van der Waals surface area (Å²) in [4.78, 5) is 12.5. The Morgan fingerprint density at radius 1 is 1.38 bits per heavy atom. The van der Waals surface area contributed by atoms with E-state index in [4.69, 9.17) is 0 Å². The first kappa shape index (κ1) is 16.0. The van der Waals surface area contributed by atoms with Crippen molar-refractivity contribution >= 4 is 15.7 Å². The molecule has 1 heterocycles. The summed E-state index contributed by atoms with van der Waals surface area (Å²) in [5, 5.41) is 6.31. The van der Waals surface area contributed by atoms with Crippen molar-refractivity contribution in [1.82, 2.24) is 10.6 Å². The van der Waals surface area contributed by atoms with Gasteiger partial charge in [-0.25, -0.2) is 8.42 Å². The van der Waals surface area contributed by atoms with Crippen molar-refractivity contribution in [2.45, 2.75) is 43.7 Å². The first-order valence-electron chi connectivity index (χ1n) is 7.14. The van der Waals surface area contributed by atoms with E-state index < -0.39 is 9.84 Å². The molecule has 1 aromatic rings. The number of amides is 1. The number of carbonyl (C=O) groups excluding carboxylic acids is 1. The zero-order valence-corrected chi connectivity index (χ0v) is 13.5. The highest BCUT2D eigenvalue weighted by Crippen LogP contribution is 2.17. The van der Waals surface area contributed by atoms with Crippen molar-refractivity contribution in [3.63, 3.8) is 0 Å². The Labute approximate surface area is 126 Å². The van der Waals surface area contributed by atoms with Crippen molar-refractivity contribution in [2.75, 3.05) is 12.8 Å². The zero-order valence-electron chi connectivity index (χ0n) is 12.6. The molecule has 2 atom stereocenters. The van der Waals surface area contributed by atoms with E-state index in [2.05, 4.69) is 10.6 Å². The van der Waals surface area contributed by atoms with Crippen LogP contribution in [0.4, 0.5) is 0 Å². The predicted molar refractivity (Wildman–Crippen MR) is 82.2 cm³/mol. The van der Waals surface area contributed by atoms with Crippen molar-refractivity contribution in [2.24, 2.45) is 0 Å². The van der Waals surface area contributed by atoms with Crippen LogP contribution in [-0.4, -0.2) is 39.2 Å². The maximum atomic E-state index is 12.3. The average molecular weight is 310 g/mol. The monoisotopic (exact) mass is 310 g/mol. The fraction of sp³-hybridized carbons (Fsp3) is 0.533. The number of nitrogens with one attached hydrogen (secondary N) is 2. The summed E-state index contributed by atoms with van der Waals surface area (Å²) < 4.78 is 23.5. The third kappa shape index (κ3) is 3.83. The summed E-state index contributed by atoms with van der Waals surface area (Å²) in [5.41, 5.74) is 1.04. The van der Waals surface area contributed by atoms with E-state index in [9.17, 15) is 13.2 Å². The average Bonchev–Trinajstić information content (AvgIpc) is 2.40. The first-order chi connectivity index (χ1) is 9.79. The minimum atomic E-state index is -3.33. The van der Waals surface area contributed by atoms with Crippen LogP contribution < -0.4 is 10.6 Å². The molecule has 1 aliphatic heterocycles. The van der Waals surface area contributed by atoms with Gasteiger partial charge in [-0.2, -0.15) is 0 Å². The molecular weight excluding hydrogens is 288 g/mol. The number of sulfone groups is 1. The van der Waals surface area contributed by atoms with Gasteiger partial charge in [0.25, 0.3) is 5.91 Å². The van der Waals surface area contributed by atoms with Crippen molar-refractivity contribution in [3.8, 4) is 0 Å². The molecule has 0 aliphatic carbocycles. The molecule has 0 radical (unpaired) electrons. The number of benzene rings is 1. The molecule has 1 aromatic carbocycles. The molecule has 0 saturated carbocycles.